The van der Waals surface area contributed by atoms with Gasteiger partial charge in [0.15, 0.2) is 0 Å². The highest BCUT2D eigenvalue weighted by molar-refractivity contribution is 5.79. The van der Waals surface area contributed by atoms with Gasteiger partial charge in [0.05, 0.1) is 6.61 Å². The Morgan fingerprint density at radius 2 is 1.89 bits per heavy atom. The van der Waals surface area contributed by atoms with Crippen molar-refractivity contribution in [1.29, 1.82) is 0 Å². The van der Waals surface area contributed by atoms with E-state index < -0.39 is 0 Å². The maximum atomic E-state index is 12.7. The molecule has 1 aliphatic carbocycles. The van der Waals surface area contributed by atoms with Crippen LogP contribution in [0, 0.1) is 5.92 Å². The monoisotopic (exact) mass is 377 g/mol. The fourth-order valence-corrected chi connectivity index (χ4v) is 6.04. The first-order valence-corrected chi connectivity index (χ1v) is 11.0. The van der Waals surface area contributed by atoms with Crippen molar-refractivity contribution in [1.82, 2.24) is 14.7 Å². The molecule has 0 aromatic carbocycles. The van der Waals surface area contributed by atoms with Gasteiger partial charge in [-0.05, 0) is 51.9 Å². The van der Waals surface area contributed by atoms with E-state index >= 15 is 0 Å². The lowest BCUT2D eigenvalue weighted by Crippen LogP contribution is -2.56. The van der Waals surface area contributed by atoms with Gasteiger partial charge in [-0.2, -0.15) is 0 Å². The highest BCUT2D eigenvalue weighted by Crippen LogP contribution is 2.40. The number of rotatable bonds is 3. The topological polar surface area (TPSA) is 53.1 Å². The van der Waals surface area contributed by atoms with Crippen LogP contribution in [0.5, 0.6) is 0 Å². The van der Waals surface area contributed by atoms with Crippen LogP contribution in [-0.2, 0) is 9.53 Å². The molecule has 4 fully saturated rings. The maximum Gasteiger partial charge on any atom is 0.409 e. The minimum atomic E-state index is -0.179. The largest absolute Gasteiger partial charge is 0.450 e. The van der Waals surface area contributed by atoms with Crippen LogP contribution in [0.4, 0.5) is 4.79 Å². The number of nitrogens with zero attached hydrogens (tertiary/aromatic N) is 3. The van der Waals surface area contributed by atoms with Crippen molar-refractivity contribution < 1.29 is 14.3 Å². The summed E-state index contributed by atoms with van der Waals surface area (Å²) in [6.07, 6.45) is 8.80. The fourth-order valence-electron chi connectivity index (χ4n) is 6.04. The Labute approximate surface area is 163 Å². The van der Waals surface area contributed by atoms with Crippen molar-refractivity contribution in [2.45, 2.75) is 82.8 Å². The molecule has 0 aromatic heterocycles. The standard InChI is InChI=1S/C21H35N3O3/c1-3-27-20(26)22-13-10-21(2,15-22)23-11-8-17(9-12-23)24-18-7-5-4-6-16(18)14-19(24)25/h16-18H,3-15H2,1-2H3/t16-,18+,21?/m0/s1. The van der Waals surface area contributed by atoms with Gasteiger partial charge in [-0.3, -0.25) is 9.69 Å². The number of ether oxygens (including phenoxy) is 1. The SMILES string of the molecule is CCOC(=O)N1CCC(C)(N2CCC(N3C(=O)C[C@@H]4CCCC[C@H]43)CC2)C1. The number of carbonyl (C=O) groups is 2. The molecule has 0 N–H and O–H groups in total. The first-order chi connectivity index (χ1) is 13.0. The van der Waals surface area contributed by atoms with E-state index in [9.17, 15) is 9.59 Å². The predicted octanol–water partition coefficient (Wildman–Crippen LogP) is 2.86. The van der Waals surface area contributed by atoms with Gasteiger partial charge in [0.25, 0.3) is 0 Å². The Morgan fingerprint density at radius 3 is 2.63 bits per heavy atom. The van der Waals surface area contributed by atoms with Crippen LogP contribution in [0.25, 0.3) is 0 Å². The van der Waals surface area contributed by atoms with E-state index in [-0.39, 0.29) is 11.6 Å². The van der Waals surface area contributed by atoms with Gasteiger partial charge in [-0.15, -0.1) is 0 Å². The molecule has 3 heterocycles. The summed E-state index contributed by atoms with van der Waals surface area (Å²) in [5.74, 6) is 1.03. The van der Waals surface area contributed by atoms with Gasteiger partial charge in [0.2, 0.25) is 5.91 Å². The van der Waals surface area contributed by atoms with Crippen LogP contribution in [-0.4, -0.2) is 77.1 Å². The minimum absolute atomic E-state index is 0.0418. The molecule has 0 bridgehead atoms. The smallest absolute Gasteiger partial charge is 0.409 e. The zero-order valence-electron chi connectivity index (χ0n) is 17.0. The number of hydrogen-bond donors (Lipinski definition) is 0. The third kappa shape index (κ3) is 3.57. The highest BCUT2D eigenvalue weighted by Gasteiger charge is 2.47. The molecule has 1 unspecified atom stereocenters. The van der Waals surface area contributed by atoms with Crippen molar-refractivity contribution in [2.24, 2.45) is 5.92 Å². The van der Waals surface area contributed by atoms with Gasteiger partial charge < -0.3 is 14.5 Å². The average molecular weight is 378 g/mol. The van der Waals surface area contributed by atoms with E-state index in [2.05, 4.69) is 16.7 Å². The molecule has 152 valence electrons. The second-order valence-electron chi connectivity index (χ2n) is 9.20. The molecule has 3 atom stereocenters. The van der Waals surface area contributed by atoms with E-state index in [1.54, 1.807) is 0 Å². The molecule has 2 amide bonds. The maximum absolute atomic E-state index is 12.7. The van der Waals surface area contributed by atoms with Crippen molar-refractivity contribution >= 4 is 12.0 Å². The van der Waals surface area contributed by atoms with Crippen molar-refractivity contribution in [3.8, 4) is 0 Å². The molecule has 4 rings (SSSR count). The zero-order valence-corrected chi connectivity index (χ0v) is 17.0. The van der Waals surface area contributed by atoms with E-state index in [1.165, 1.54) is 25.7 Å². The molecule has 0 spiro atoms. The molecular weight excluding hydrogens is 342 g/mol. The molecule has 6 nitrogen and oxygen atoms in total. The summed E-state index contributed by atoms with van der Waals surface area (Å²) in [4.78, 5) is 31.4. The van der Waals surface area contributed by atoms with Gasteiger partial charge in [0.1, 0.15) is 0 Å². The van der Waals surface area contributed by atoms with Crippen LogP contribution in [0.3, 0.4) is 0 Å². The summed E-state index contributed by atoms with van der Waals surface area (Å²) < 4.78 is 5.18. The second-order valence-corrected chi connectivity index (χ2v) is 9.20. The van der Waals surface area contributed by atoms with Gasteiger partial charge in [0, 0.05) is 50.2 Å². The number of likely N-dealkylation sites (tertiary alicyclic amines) is 3. The Hall–Kier alpha value is -1.30. The second kappa shape index (κ2) is 7.61. The number of fused-ring (bicyclic) bond motifs is 1. The summed E-state index contributed by atoms with van der Waals surface area (Å²) >= 11 is 0. The summed E-state index contributed by atoms with van der Waals surface area (Å²) in [5, 5.41) is 0. The summed E-state index contributed by atoms with van der Waals surface area (Å²) in [6, 6.07) is 0.942. The van der Waals surface area contributed by atoms with Crippen LogP contribution in [0.1, 0.15) is 65.2 Å². The summed E-state index contributed by atoms with van der Waals surface area (Å²) in [6.45, 7) is 8.16. The van der Waals surface area contributed by atoms with Gasteiger partial charge in [-0.1, -0.05) is 12.8 Å². The van der Waals surface area contributed by atoms with E-state index in [4.69, 9.17) is 4.74 Å². The number of piperidine rings is 1. The number of amides is 2. The zero-order chi connectivity index (χ0) is 19.0. The Balaban J connectivity index is 1.34. The first kappa shape index (κ1) is 19.0. The Kier molecular flexibility index (Phi) is 5.36. The summed E-state index contributed by atoms with van der Waals surface area (Å²) in [5.41, 5.74) is 0.0418. The highest BCUT2D eigenvalue weighted by atomic mass is 16.6. The van der Waals surface area contributed by atoms with Crippen molar-refractivity contribution in [2.75, 3.05) is 32.8 Å². The number of hydrogen-bond acceptors (Lipinski definition) is 4. The van der Waals surface area contributed by atoms with Crippen molar-refractivity contribution in [3.05, 3.63) is 0 Å². The van der Waals surface area contributed by atoms with E-state index in [1.807, 2.05) is 11.8 Å². The fraction of sp³-hybridized carbons (Fsp3) is 0.905. The predicted molar refractivity (Wildman–Crippen MR) is 103 cm³/mol. The Bertz CT molecular complexity index is 575. The molecule has 27 heavy (non-hydrogen) atoms. The van der Waals surface area contributed by atoms with E-state index in [0.717, 1.165) is 51.9 Å². The lowest BCUT2D eigenvalue weighted by atomic mass is 9.84. The third-order valence-corrected chi connectivity index (χ3v) is 7.55. The first-order valence-electron chi connectivity index (χ1n) is 11.0. The molecule has 3 aliphatic heterocycles. The normalized spacial score (nSPS) is 35.6. The molecule has 6 heteroatoms. The average Bonchev–Trinajstić information content (AvgIpc) is 3.23. The minimum Gasteiger partial charge on any atom is -0.450 e. The van der Waals surface area contributed by atoms with Crippen LogP contribution >= 0.6 is 0 Å². The molecule has 4 aliphatic rings. The Morgan fingerprint density at radius 1 is 1.15 bits per heavy atom. The van der Waals surface area contributed by atoms with E-state index in [0.29, 0.717) is 30.5 Å². The van der Waals surface area contributed by atoms with Crippen LogP contribution in [0.15, 0.2) is 0 Å². The third-order valence-electron chi connectivity index (χ3n) is 7.55. The van der Waals surface area contributed by atoms with Crippen LogP contribution in [0.2, 0.25) is 0 Å². The lowest BCUT2D eigenvalue weighted by molar-refractivity contribution is -0.132. The van der Waals surface area contributed by atoms with Crippen LogP contribution < -0.4 is 0 Å². The molecular formula is C21H35N3O3. The van der Waals surface area contributed by atoms with Gasteiger partial charge >= 0.3 is 6.09 Å². The molecule has 0 aromatic rings. The van der Waals surface area contributed by atoms with Gasteiger partial charge in [-0.25, -0.2) is 4.79 Å². The molecule has 0 radical (unpaired) electrons. The summed E-state index contributed by atoms with van der Waals surface area (Å²) in [7, 11) is 0. The lowest BCUT2D eigenvalue weighted by Gasteiger charge is -2.46. The number of carbonyl (C=O) groups excluding carboxylic acids is 2. The quantitative estimate of drug-likeness (QED) is 0.759. The molecule has 3 saturated heterocycles. The van der Waals surface area contributed by atoms with Crippen molar-refractivity contribution in [3.63, 3.8) is 0 Å². The molecule has 1 saturated carbocycles.